The second-order valence-corrected chi connectivity index (χ2v) is 8.65. The molecule has 0 bridgehead atoms. The van der Waals surface area contributed by atoms with E-state index < -0.39 is 4.92 Å². The zero-order chi connectivity index (χ0) is 22.8. The van der Waals surface area contributed by atoms with Gasteiger partial charge in [0.25, 0.3) is 11.6 Å². The Hall–Kier alpha value is -3.14. The van der Waals surface area contributed by atoms with Gasteiger partial charge >= 0.3 is 0 Å². The molecule has 3 aromatic rings. The average molecular weight is 487 g/mol. The van der Waals surface area contributed by atoms with E-state index in [0.29, 0.717) is 44.4 Å². The van der Waals surface area contributed by atoms with Crippen LogP contribution in [0.15, 0.2) is 63.9 Å². The quantitative estimate of drug-likeness (QED) is 0.174. The van der Waals surface area contributed by atoms with E-state index in [1.54, 1.807) is 48.5 Å². The van der Waals surface area contributed by atoms with Crippen LogP contribution in [0.4, 0.5) is 11.4 Å². The maximum absolute atomic E-state index is 13.0. The molecule has 0 spiro atoms. The summed E-state index contributed by atoms with van der Waals surface area (Å²) in [7, 11) is 0. The van der Waals surface area contributed by atoms with Gasteiger partial charge in [-0.1, -0.05) is 35.6 Å². The predicted octanol–water partition coefficient (Wildman–Crippen LogP) is 6.31. The lowest BCUT2D eigenvalue weighted by Gasteiger charge is -2.15. The maximum Gasteiger partial charge on any atom is 0.288 e. The number of anilines is 1. The smallest absolute Gasteiger partial charge is 0.288 e. The Labute approximate surface area is 197 Å². The molecule has 1 aromatic heterocycles. The average Bonchev–Trinajstić information content (AvgIpc) is 3.34. The molecule has 1 aliphatic rings. The van der Waals surface area contributed by atoms with Crippen LogP contribution in [0.25, 0.3) is 17.4 Å². The van der Waals surface area contributed by atoms with Crippen molar-refractivity contribution in [2.75, 3.05) is 11.5 Å². The molecule has 0 saturated carbocycles. The van der Waals surface area contributed by atoms with E-state index in [1.807, 2.05) is 6.92 Å². The molecule has 1 aliphatic heterocycles. The number of furan rings is 1. The third-order valence-corrected chi connectivity index (χ3v) is 6.15. The number of nitro benzene ring substituents is 1. The van der Waals surface area contributed by atoms with E-state index in [9.17, 15) is 14.9 Å². The van der Waals surface area contributed by atoms with Crippen LogP contribution in [0.3, 0.4) is 0 Å². The lowest BCUT2D eigenvalue weighted by molar-refractivity contribution is -0.384. The molecule has 0 atom stereocenters. The second kappa shape index (κ2) is 9.15. The first-order chi connectivity index (χ1) is 15.4. The summed E-state index contributed by atoms with van der Waals surface area (Å²) in [6.45, 7) is 2.45. The maximum atomic E-state index is 13.0. The van der Waals surface area contributed by atoms with Crippen LogP contribution in [0.5, 0.6) is 5.75 Å². The fraction of sp³-hybridized carbons (Fsp3) is 0.0909. The van der Waals surface area contributed by atoms with Gasteiger partial charge in [-0.3, -0.25) is 19.8 Å². The Morgan fingerprint density at radius 3 is 2.66 bits per heavy atom. The number of halogens is 1. The number of benzene rings is 2. The number of thiocarbonyl (C=S) groups is 1. The highest BCUT2D eigenvalue weighted by atomic mass is 35.5. The Morgan fingerprint density at radius 2 is 1.97 bits per heavy atom. The minimum atomic E-state index is -0.554. The van der Waals surface area contributed by atoms with Crippen LogP contribution in [0, 0.1) is 10.1 Å². The third kappa shape index (κ3) is 4.40. The van der Waals surface area contributed by atoms with Crippen LogP contribution in [-0.2, 0) is 4.79 Å². The number of nitrogens with zero attached hydrogens (tertiary/aromatic N) is 2. The molecule has 1 amide bonds. The van der Waals surface area contributed by atoms with Crippen molar-refractivity contribution in [2.24, 2.45) is 0 Å². The topological polar surface area (TPSA) is 85.8 Å². The SMILES string of the molecule is CCOc1ccc(N2C(=O)/C(=C\c3ccc(-c4ccc(Cl)c([N+](=O)[O-])c4)o3)SC2=S)cc1. The molecule has 10 heteroatoms. The summed E-state index contributed by atoms with van der Waals surface area (Å²) in [5, 5.41) is 11.2. The molecule has 162 valence electrons. The molecule has 32 heavy (non-hydrogen) atoms. The van der Waals surface area contributed by atoms with Crippen molar-refractivity contribution in [3.63, 3.8) is 0 Å². The fourth-order valence-corrected chi connectivity index (χ4v) is 4.53. The van der Waals surface area contributed by atoms with Gasteiger partial charge in [-0.2, -0.15) is 0 Å². The molecule has 2 aromatic carbocycles. The van der Waals surface area contributed by atoms with Gasteiger partial charge in [-0.25, -0.2) is 0 Å². The first-order valence-corrected chi connectivity index (χ1v) is 11.0. The van der Waals surface area contributed by atoms with Gasteiger partial charge < -0.3 is 9.15 Å². The summed E-state index contributed by atoms with van der Waals surface area (Å²) in [6.07, 6.45) is 1.60. The van der Waals surface area contributed by atoms with Crippen LogP contribution >= 0.6 is 35.6 Å². The van der Waals surface area contributed by atoms with Gasteiger partial charge in [0.05, 0.1) is 22.1 Å². The summed E-state index contributed by atoms with van der Waals surface area (Å²) in [5.74, 6) is 1.29. The highest BCUT2D eigenvalue weighted by Crippen LogP contribution is 2.37. The molecule has 0 unspecified atom stereocenters. The van der Waals surface area contributed by atoms with Crippen molar-refractivity contribution in [3.05, 3.63) is 80.4 Å². The van der Waals surface area contributed by atoms with E-state index in [1.165, 1.54) is 28.8 Å². The lowest BCUT2D eigenvalue weighted by atomic mass is 10.1. The Kier molecular flexibility index (Phi) is 6.31. The summed E-state index contributed by atoms with van der Waals surface area (Å²) < 4.78 is 11.6. The van der Waals surface area contributed by atoms with Crippen molar-refractivity contribution < 1.29 is 18.9 Å². The number of ether oxygens (including phenoxy) is 1. The van der Waals surface area contributed by atoms with Crippen LogP contribution in [-0.4, -0.2) is 21.8 Å². The molecule has 7 nitrogen and oxygen atoms in total. The molecule has 4 rings (SSSR count). The lowest BCUT2D eigenvalue weighted by Crippen LogP contribution is -2.27. The Bertz CT molecular complexity index is 1250. The van der Waals surface area contributed by atoms with Gasteiger partial charge in [0.15, 0.2) is 4.32 Å². The number of thioether (sulfide) groups is 1. The van der Waals surface area contributed by atoms with E-state index in [0.717, 1.165) is 0 Å². The summed E-state index contributed by atoms with van der Waals surface area (Å²) in [4.78, 5) is 25.4. The molecule has 1 fully saturated rings. The highest BCUT2D eigenvalue weighted by molar-refractivity contribution is 8.27. The summed E-state index contributed by atoms with van der Waals surface area (Å²) >= 11 is 12.4. The van der Waals surface area contributed by atoms with Crippen molar-refractivity contribution in [1.29, 1.82) is 0 Å². The van der Waals surface area contributed by atoms with Crippen molar-refractivity contribution in [2.45, 2.75) is 6.92 Å². The molecule has 1 saturated heterocycles. The molecule has 2 heterocycles. The van der Waals surface area contributed by atoms with E-state index in [4.69, 9.17) is 33.0 Å². The number of carbonyl (C=O) groups excluding carboxylic acids is 1. The largest absolute Gasteiger partial charge is 0.494 e. The van der Waals surface area contributed by atoms with Crippen molar-refractivity contribution >= 4 is 63.3 Å². The standard InChI is InChI=1S/C22H15ClN2O5S2/c1-2-29-15-6-4-14(5-7-15)24-21(26)20(32-22(24)31)12-16-8-10-19(30-16)13-3-9-17(23)18(11-13)25(27)28/h3-12H,2H2,1H3/b20-12+. The fourth-order valence-electron chi connectivity index (χ4n) is 3.07. The van der Waals surface area contributed by atoms with Gasteiger partial charge in [-0.15, -0.1) is 0 Å². The number of hydrogen-bond donors (Lipinski definition) is 0. The van der Waals surface area contributed by atoms with Crippen LogP contribution < -0.4 is 9.64 Å². The molecule has 0 radical (unpaired) electrons. The summed E-state index contributed by atoms with van der Waals surface area (Å²) in [5.41, 5.74) is 0.939. The monoisotopic (exact) mass is 486 g/mol. The number of rotatable bonds is 6. The first kappa shape index (κ1) is 22.1. The first-order valence-electron chi connectivity index (χ1n) is 9.42. The van der Waals surface area contributed by atoms with E-state index in [-0.39, 0.29) is 16.6 Å². The molecular formula is C22H15ClN2O5S2. The third-order valence-electron chi connectivity index (χ3n) is 4.53. The Balaban J connectivity index is 1.57. The van der Waals surface area contributed by atoms with Crippen molar-refractivity contribution in [3.8, 4) is 17.1 Å². The van der Waals surface area contributed by atoms with E-state index >= 15 is 0 Å². The molecule has 0 N–H and O–H groups in total. The minimum absolute atomic E-state index is 0.0449. The molecule has 0 aliphatic carbocycles. The van der Waals surface area contributed by atoms with Gasteiger partial charge in [0, 0.05) is 17.7 Å². The normalized spacial score (nSPS) is 14.9. The number of hydrogen-bond acceptors (Lipinski definition) is 7. The zero-order valence-corrected chi connectivity index (χ0v) is 19.0. The Morgan fingerprint density at radius 1 is 1.22 bits per heavy atom. The van der Waals surface area contributed by atoms with Crippen LogP contribution in [0.1, 0.15) is 12.7 Å². The van der Waals surface area contributed by atoms with Crippen LogP contribution in [0.2, 0.25) is 5.02 Å². The predicted molar refractivity (Wildman–Crippen MR) is 129 cm³/mol. The zero-order valence-electron chi connectivity index (χ0n) is 16.6. The highest BCUT2D eigenvalue weighted by Gasteiger charge is 2.33. The number of nitro groups is 1. The second-order valence-electron chi connectivity index (χ2n) is 6.57. The van der Waals surface area contributed by atoms with Gasteiger partial charge in [0.1, 0.15) is 22.3 Å². The number of amides is 1. The summed E-state index contributed by atoms with van der Waals surface area (Å²) in [6, 6.07) is 14.9. The number of carbonyl (C=O) groups is 1. The minimum Gasteiger partial charge on any atom is -0.494 e. The van der Waals surface area contributed by atoms with Gasteiger partial charge in [0.2, 0.25) is 0 Å². The molecular weight excluding hydrogens is 472 g/mol. The van der Waals surface area contributed by atoms with E-state index in [2.05, 4.69) is 0 Å². The van der Waals surface area contributed by atoms with Gasteiger partial charge in [-0.05, 0) is 55.5 Å². The van der Waals surface area contributed by atoms with Crippen molar-refractivity contribution in [1.82, 2.24) is 0 Å².